The molecule has 3 rings (SSSR count). The standard InChI is InChI=1S/C23H24N2O6/c1-15-8-10-16(11-9-15)29-13-12-24-20(26)17-6-4-5-7-19(17)25-14-18-21(27)30-23(2,3)31-22(18)28/h4-11,14,25H,12-13H2,1-3H3,(H,24,26). The molecule has 0 aromatic heterocycles. The summed E-state index contributed by atoms with van der Waals surface area (Å²) < 4.78 is 15.7. The number of hydrogen-bond acceptors (Lipinski definition) is 7. The van der Waals surface area contributed by atoms with E-state index in [1.54, 1.807) is 24.3 Å². The van der Waals surface area contributed by atoms with Gasteiger partial charge >= 0.3 is 11.9 Å². The molecule has 1 heterocycles. The molecule has 0 aliphatic carbocycles. The predicted octanol–water partition coefficient (Wildman–Crippen LogP) is 2.94. The first-order valence-corrected chi connectivity index (χ1v) is 9.75. The van der Waals surface area contributed by atoms with Gasteiger partial charge in [-0.15, -0.1) is 0 Å². The number of para-hydroxylation sites is 1. The Morgan fingerprint density at radius 1 is 1.03 bits per heavy atom. The molecule has 2 aromatic rings. The van der Waals surface area contributed by atoms with Crippen molar-refractivity contribution in [3.05, 3.63) is 71.4 Å². The topological polar surface area (TPSA) is 103 Å². The van der Waals surface area contributed by atoms with E-state index in [9.17, 15) is 14.4 Å². The number of rotatable bonds is 7. The van der Waals surface area contributed by atoms with E-state index in [0.29, 0.717) is 24.4 Å². The summed E-state index contributed by atoms with van der Waals surface area (Å²) in [6.07, 6.45) is 1.17. The van der Waals surface area contributed by atoms with Crippen LogP contribution >= 0.6 is 0 Å². The van der Waals surface area contributed by atoms with E-state index >= 15 is 0 Å². The second kappa shape index (κ2) is 9.34. The summed E-state index contributed by atoms with van der Waals surface area (Å²) in [5, 5.41) is 5.60. The van der Waals surface area contributed by atoms with Crippen LogP contribution in [0.25, 0.3) is 0 Å². The number of aryl methyl sites for hydroxylation is 1. The molecule has 1 fully saturated rings. The van der Waals surface area contributed by atoms with Crippen LogP contribution in [0.1, 0.15) is 29.8 Å². The normalized spacial score (nSPS) is 14.9. The van der Waals surface area contributed by atoms with Crippen molar-refractivity contribution >= 4 is 23.5 Å². The van der Waals surface area contributed by atoms with Crippen LogP contribution in [0.5, 0.6) is 5.75 Å². The van der Waals surface area contributed by atoms with E-state index in [1.807, 2.05) is 31.2 Å². The summed E-state index contributed by atoms with van der Waals surface area (Å²) in [4.78, 5) is 36.7. The molecule has 8 heteroatoms. The number of benzene rings is 2. The lowest BCUT2D eigenvalue weighted by atomic mass is 10.1. The van der Waals surface area contributed by atoms with E-state index in [2.05, 4.69) is 10.6 Å². The van der Waals surface area contributed by atoms with Crippen LogP contribution < -0.4 is 15.4 Å². The van der Waals surface area contributed by atoms with Crippen molar-refractivity contribution in [2.45, 2.75) is 26.6 Å². The van der Waals surface area contributed by atoms with Crippen molar-refractivity contribution in [2.75, 3.05) is 18.5 Å². The van der Waals surface area contributed by atoms with Crippen LogP contribution in [0.2, 0.25) is 0 Å². The Morgan fingerprint density at radius 2 is 1.68 bits per heavy atom. The summed E-state index contributed by atoms with van der Waals surface area (Å²) in [7, 11) is 0. The number of carbonyl (C=O) groups excluding carboxylic acids is 3. The highest BCUT2D eigenvalue weighted by Gasteiger charge is 2.39. The van der Waals surface area contributed by atoms with Gasteiger partial charge in [0, 0.05) is 20.0 Å². The molecule has 0 bridgehead atoms. The van der Waals surface area contributed by atoms with E-state index in [4.69, 9.17) is 14.2 Å². The van der Waals surface area contributed by atoms with Gasteiger partial charge in [-0.25, -0.2) is 9.59 Å². The van der Waals surface area contributed by atoms with Gasteiger partial charge in [0.2, 0.25) is 0 Å². The highest BCUT2D eigenvalue weighted by molar-refractivity contribution is 6.15. The molecule has 0 atom stereocenters. The number of anilines is 1. The highest BCUT2D eigenvalue weighted by atomic mass is 16.7. The van der Waals surface area contributed by atoms with Crippen molar-refractivity contribution < 1.29 is 28.6 Å². The van der Waals surface area contributed by atoms with E-state index in [-0.39, 0.29) is 11.5 Å². The van der Waals surface area contributed by atoms with Gasteiger partial charge in [-0.3, -0.25) is 4.79 Å². The number of cyclic esters (lactones) is 2. The van der Waals surface area contributed by atoms with E-state index < -0.39 is 17.7 Å². The average molecular weight is 424 g/mol. The summed E-state index contributed by atoms with van der Waals surface area (Å²) in [5.74, 6) is -2.52. The summed E-state index contributed by atoms with van der Waals surface area (Å²) in [5.41, 5.74) is 1.60. The fourth-order valence-electron chi connectivity index (χ4n) is 2.80. The molecular formula is C23H24N2O6. The maximum atomic E-state index is 12.6. The Bertz CT molecular complexity index is 989. The second-order valence-corrected chi connectivity index (χ2v) is 7.34. The van der Waals surface area contributed by atoms with E-state index in [1.165, 1.54) is 20.0 Å². The number of ether oxygens (including phenoxy) is 3. The van der Waals surface area contributed by atoms with Crippen molar-refractivity contribution in [2.24, 2.45) is 0 Å². The fourth-order valence-corrected chi connectivity index (χ4v) is 2.80. The quantitative estimate of drug-likeness (QED) is 0.305. The third-order valence-corrected chi connectivity index (χ3v) is 4.34. The van der Waals surface area contributed by atoms with Crippen LogP contribution in [-0.2, 0) is 19.1 Å². The molecule has 0 spiro atoms. The Kier molecular flexibility index (Phi) is 6.59. The van der Waals surface area contributed by atoms with Gasteiger partial charge < -0.3 is 24.8 Å². The number of amides is 1. The van der Waals surface area contributed by atoms with Gasteiger partial charge in [0.25, 0.3) is 11.7 Å². The zero-order valence-corrected chi connectivity index (χ0v) is 17.6. The number of nitrogens with one attached hydrogen (secondary N) is 2. The van der Waals surface area contributed by atoms with Crippen LogP contribution in [0, 0.1) is 6.92 Å². The monoisotopic (exact) mass is 424 g/mol. The first-order valence-electron chi connectivity index (χ1n) is 9.75. The van der Waals surface area contributed by atoms with Crippen molar-refractivity contribution in [3.8, 4) is 5.75 Å². The van der Waals surface area contributed by atoms with E-state index in [0.717, 1.165) is 11.3 Å². The maximum absolute atomic E-state index is 12.6. The average Bonchev–Trinajstić information content (AvgIpc) is 2.71. The third kappa shape index (κ3) is 5.85. The second-order valence-electron chi connectivity index (χ2n) is 7.34. The lowest BCUT2D eigenvalue weighted by molar-refractivity contribution is -0.222. The maximum Gasteiger partial charge on any atom is 0.350 e. The minimum Gasteiger partial charge on any atom is -0.492 e. The van der Waals surface area contributed by atoms with Crippen LogP contribution in [0.3, 0.4) is 0 Å². The first kappa shape index (κ1) is 21.9. The summed E-state index contributed by atoms with van der Waals surface area (Å²) >= 11 is 0. The molecule has 0 saturated carbocycles. The minimum absolute atomic E-state index is 0.291. The molecule has 1 amide bonds. The number of esters is 2. The Hall–Kier alpha value is -3.81. The lowest BCUT2D eigenvalue weighted by Crippen LogP contribution is -2.42. The number of carbonyl (C=O) groups is 3. The van der Waals surface area contributed by atoms with Crippen molar-refractivity contribution in [1.82, 2.24) is 5.32 Å². The van der Waals surface area contributed by atoms with Gasteiger partial charge in [-0.05, 0) is 31.2 Å². The molecule has 162 valence electrons. The molecule has 1 saturated heterocycles. The molecule has 0 unspecified atom stereocenters. The highest BCUT2D eigenvalue weighted by Crippen LogP contribution is 2.23. The number of hydrogen-bond donors (Lipinski definition) is 2. The predicted molar refractivity (Wildman–Crippen MR) is 113 cm³/mol. The summed E-state index contributed by atoms with van der Waals surface area (Å²) in [6.45, 7) is 5.54. The first-order chi connectivity index (χ1) is 14.7. The molecule has 0 radical (unpaired) electrons. The largest absolute Gasteiger partial charge is 0.492 e. The Balaban J connectivity index is 1.59. The smallest absolute Gasteiger partial charge is 0.350 e. The van der Waals surface area contributed by atoms with Crippen LogP contribution in [-0.4, -0.2) is 36.8 Å². The van der Waals surface area contributed by atoms with Crippen LogP contribution in [0.4, 0.5) is 5.69 Å². The van der Waals surface area contributed by atoms with Gasteiger partial charge in [0.1, 0.15) is 12.4 Å². The molecule has 2 aromatic carbocycles. The SMILES string of the molecule is Cc1ccc(OCCNC(=O)c2ccccc2NC=C2C(=O)OC(C)(C)OC2=O)cc1. The minimum atomic E-state index is -1.32. The van der Waals surface area contributed by atoms with Crippen LogP contribution in [0.15, 0.2) is 60.3 Å². The zero-order chi connectivity index (χ0) is 22.4. The molecule has 1 aliphatic heterocycles. The van der Waals surface area contributed by atoms with Gasteiger partial charge in [-0.2, -0.15) is 0 Å². The molecule has 2 N–H and O–H groups in total. The van der Waals surface area contributed by atoms with Gasteiger partial charge in [0.15, 0.2) is 5.57 Å². The van der Waals surface area contributed by atoms with Crippen molar-refractivity contribution in [3.63, 3.8) is 0 Å². The molecule has 8 nitrogen and oxygen atoms in total. The lowest BCUT2D eigenvalue weighted by Gasteiger charge is -2.29. The molecular weight excluding hydrogens is 400 g/mol. The third-order valence-electron chi connectivity index (χ3n) is 4.34. The molecule has 1 aliphatic rings. The van der Waals surface area contributed by atoms with Gasteiger partial charge in [-0.1, -0.05) is 29.8 Å². The molecule has 31 heavy (non-hydrogen) atoms. The van der Waals surface area contributed by atoms with Gasteiger partial charge in [0.05, 0.1) is 17.8 Å². The Labute approximate surface area is 180 Å². The van der Waals surface area contributed by atoms with Crippen molar-refractivity contribution in [1.29, 1.82) is 0 Å². The zero-order valence-electron chi connectivity index (χ0n) is 17.6. The Morgan fingerprint density at radius 3 is 2.35 bits per heavy atom. The summed E-state index contributed by atoms with van der Waals surface area (Å²) in [6, 6.07) is 14.3. The fraction of sp³-hybridized carbons (Fsp3) is 0.261.